The Morgan fingerprint density at radius 3 is 2.86 bits per heavy atom. The standard InChI is InChI=1S/C16H16F2N2O/c1-8-6-12(20-13-7-9-2-5-14(13)21-9)10-3-4-11(17)15(18)16(10)19-8/h3-4,6,9,13-14H,2,5,7H2,1H3,(H,19,20)/t9-,13-,14+/m1/s1. The van der Waals surface area contributed by atoms with E-state index in [4.69, 9.17) is 4.74 Å². The Kier molecular flexibility index (Phi) is 2.85. The van der Waals surface area contributed by atoms with Gasteiger partial charge in [0.05, 0.1) is 18.2 Å². The first kappa shape index (κ1) is 13.0. The van der Waals surface area contributed by atoms with Crippen LogP contribution in [0.2, 0.25) is 0 Å². The van der Waals surface area contributed by atoms with E-state index < -0.39 is 11.6 Å². The van der Waals surface area contributed by atoms with Crippen molar-refractivity contribution in [3.05, 3.63) is 35.5 Å². The van der Waals surface area contributed by atoms with E-state index in [0.717, 1.165) is 31.0 Å². The van der Waals surface area contributed by atoms with E-state index >= 15 is 0 Å². The van der Waals surface area contributed by atoms with Crippen LogP contribution in [0.1, 0.15) is 25.0 Å². The molecule has 1 aromatic carbocycles. The van der Waals surface area contributed by atoms with Crippen LogP contribution in [0.15, 0.2) is 18.2 Å². The average molecular weight is 290 g/mol. The molecule has 4 rings (SSSR count). The van der Waals surface area contributed by atoms with Gasteiger partial charge in [0, 0.05) is 16.8 Å². The van der Waals surface area contributed by atoms with Gasteiger partial charge in [0.1, 0.15) is 5.52 Å². The second kappa shape index (κ2) is 4.63. The maximum absolute atomic E-state index is 13.9. The summed E-state index contributed by atoms with van der Waals surface area (Å²) in [4.78, 5) is 4.13. The Bertz CT molecular complexity index is 719. The maximum Gasteiger partial charge on any atom is 0.185 e. The van der Waals surface area contributed by atoms with Crippen LogP contribution in [0.5, 0.6) is 0 Å². The van der Waals surface area contributed by atoms with Crippen molar-refractivity contribution in [2.24, 2.45) is 0 Å². The van der Waals surface area contributed by atoms with E-state index in [2.05, 4.69) is 10.3 Å². The van der Waals surface area contributed by atoms with Gasteiger partial charge in [0.2, 0.25) is 0 Å². The van der Waals surface area contributed by atoms with Crippen LogP contribution >= 0.6 is 0 Å². The molecular formula is C16H16F2N2O. The molecule has 5 heteroatoms. The second-order valence-electron chi connectivity index (χ2n) is 5.93. The van der Waals surface area contributed by atoms with Crippen molar-refractivity contribution in [1.82, 2.24) is 4.98 Å². The third-order valence-corrected chi connectivity index (χ3v) is 4.45. The highest BCUT2D eigenvalue weighted by molar-refractivity contribution is 5.92. The van der Waals surface area contributed by atoms with Crippen LogP contribution in [-0.4, -0.2) is 23.2 Å². The fraction of sp³-hybridized carbons (Fsp3) is 0.438. The van der Waals surface area contributed by atoms with E-state index in [-0.39, 0.29) is 17.7 Å². The monoisotopic (exact) mass is 290 g/mol. The number of aromatic nitrogens is 1. The van der Waals surface area contributed by atoms with Gasteiger partial charge in [-0.25, -0.2) is 13.8 Å². The van der Waals surface area contributed by atoms with Gasteiger partial charge in [-0.15, -0.1) is 0 Å². The van der Waals surface area contributed by atoms with Gasteiger partial charge in [-0.3, -0.25) is 0 Å². The Morgan fingerprint density at radius 2 is 2.14 bits per heavy atom. The maximum atomic E-state index is 13.9. The molecule has 0 radical (unpaired) electrons. The van der Waals surface area contributed by atoms with E-state index in [1.807, 2.05) is 6.07 Å². The molecule has 2 aromatic rings. The smallest absolute Gasteiger partial charge is 0.185 e. The molecule has 0 spiro atoms. The predicted molar refractivity (Wildman–Crippen MR) is 76.3 cm³/mol. The summed E-state index contributed by atoms with van der Waals surface area (Å²) in [5.41, 5.74) is 1.55. The molecular weight excluding hydrogens is 274 g/mol. The molecule has 0 saturated carbocycles. The van der Waals surface area contributed by atoms with Gasteiger partial charge in [-0.1, -0.05) is 0 Å². The fourth-order valence-corrected chi connectivity index (χ4v) is 3.47. The molecule has 2 saturated heterocycles. The molecule has 110 valence electrons. The van der Waals surface area contributed by atoms with Gasteiger partial charge in [0.25, 0.3) is 0 Å². The number of hydrogen-bond acceptors (Lipinski definition) is 3. The number of ether oxygens (including phenoxy) is 1. The summed E-state index contributed by atoms with van der Waals surface area (Å²) in [5, 5.41) is 4.06. The topological polar surface area (TPSA) is 34.1 Å². The van der Waals surface area contributed by atoms with E-state index in [9.17, 15) is 8.78 Å². The molecule has 1 aromatic heterocycles. The summed E-state index contributed by atoms with van der Waals surface area (Å²) in [6.45, 7) is 1.78. The Morgan fingerprint density at radius 1 is 1.29 bits per heavy atom. The largest absolute Gasteiger partial charge is 0.379 e. The molecule has 0 unspecified atom stereocenters. The highest BCUT2D eigenvalue weighted by atomic mass is 19.2. The Labute approximate surface area is 121 Å². The van der Waals surface area contributed by atoms with Crippen molar-refractivity contribution in [2.75, 3.05) is 5.32 Å². The zero-order valence-electron chi connectivity index (χ0n) is 11.7. The molecule has 2 aliphatic heterocycles. The second-order valence-corrected chi connectivity index (χ2v) is 5.93. The molecule has 0 aliphatic carbocycles. The molecule has 2 aliphatic rings. The third-order valence-electron chi connectivity index (χ3n) is 4.45. The van der Waals surface area contributed by atoms with Crippen LogP contribution in [0.3, 0.4) is 0 Å². The summed E-state index contributed by atoms with van der Waals surface area (Å²) in [7, 11) is 0. The summed E-state index contributed by atoms with van der Waals surface area (Å²) in [6.07, 6.45) is 3.73. The van der Waals surface area contributed by atoms with Gasteiger partial charge in [-0.05, 0) is 44.4 Å². The van der Waals surface area contributed by atoms with Crippen LogP contribution in [-0.2, 0) is 4.74 Å². The first-order chi connectivity index (χ1) is 10.1. The number of halogens is 2. The van der Waals surface area contributed by atoms with Crippen molar-refractivity contribution >= 4 is 16.6 Å². The number of anilines is 1. The third kappa shape index (κ3) is 2.07. The van der Waals surface area contributed by atoms with Crippen LogP contribution in [0.25, 0.3) is 10.9 Å². The zero-order valence-corrected chi connectivity index (χ0v) is 11.7. The molecule has 2 fully saturated rings. The molecule has 3 heterocycles. The zero-order chi connectivity index (χ0) is 14.6. The summed E-state index contributed by atoms with van der Waals surface area (Å²) in [5.74, 6) is -1.75. The number of benzene rings is 1. The number of nitrogens with zero attached hydrogens (tertiary/aromatic N) is 1. The quantitative estimate of drug-likeness (QED) is 0.918. The lowest BCUT2D eigenvalue weighted by molar-refractivity contribution is 0.102. The van der Waals surface area contributed by atoms with Gasteiger partial charge in [-0.2, -0.15) is 0 Å². The average Bonchev–Trinajstić information content (AvgIpc) is 3.06. The number of hydrogen-bond donors (Lipinski definition) is 1. The highest BCUT2D eigenvalue weighted by Gasteiger charge is 2.40. The number of rotatable bonds is 2. The van der Waals surface area contributed by atoms with Crippen molar-refractivity contribution in [3.63, 3.8) is 0 Å². The summed E-state index contributed by atoms with van der Waals surface area (Å²) < 4.78 is 33.1. The van der Waals surface area contributed by atoms with Gasteiger partial charge >= 0.3 is 0 Å². The SMILES string of the molecule is Cc1cc(N[C@@H]2C[C@H]3CC[C@@H]2O3)c2ccc(F)c(F)c2n1. The molecule has 3 nitrogen and oxygen atoms in total. The van der Waals surface area contributed by atoms with Crippen molar-refractivity contribution in [3.8, 4) is 0 Å². The van der Waals surface area contributed by atoms with Crippen LogP contribution < -0.4 is 5.32 Å². The number of pyridine rings is 1. The predicted octanol–water partition coefficient (Wildman–Crippen LogP) is 3.55. The molecule has 2 bridgehead atoms. The number of nitrogens with one attached hydrogen (secondary N) is 1. The van der Waals surface area contributed by atoms with Crippen LogP contribution in [0, 0.1) is 18.6 Å². The minimum Gasteiger partial charge on any atom is -0.379 e. The van der Waals surface area contributed by atoms with Crippen molar-refractivity contribution < 1.29 is 13.5 Å². The summed E-state index contributed by atoms with van der Waals surface area (Å²) in [6, 6.07) is 4.85. The van der Waals surface area contributed by atoms with Gasteiger partial charge in [0.15, 0.2) is 11.6 Å². The van der Waals surface area contributed by atoms with Crippen molar-refractivity contribution in [2.45, 2.75) is 44.4 Å². The Hall–Kier alpha value is -1.75. The Balaban J connectivity index is 1.76. The lowest BCUT2D eigenvalue weighted by Gasteiger charge is -2.22. The minimum absolute atomic E-state index is 0.0848. The fourth-order valence-electron chi connectivity index (χ4n) is 3.47. The number of fused-ring (bicyclic) bond motifs is 3. The lowest BCUT2D eigenvalue weighted by Crippen LogP contribution is -2.30. The van der Waals surface area contributed by atoms with Crippen molar-refractivity contribution in [1.29, 1.82) is 0 Å². The first-order valence-corrected chi connectivity index (χ1v) is 7.29. The van der Waals surface area contributed by atoms with E-state index in [1.165, 1.54) is 0 Å². The highest BCUT2D eigenvalue weighted by Crippen LogP contribution is 2.37. The minimum atomic E-state index is -0.886. The van der Waals surface area contributed by atoms with E-state index in [0.29, 0.717) is 17.2 Å². The van der Waals surface area contributed by atoms with E-state index in [1.54, 1.807) is 13.0 Å². The molecule has 0 amide bonds. The molecule has 1 N–H and O–H groups in total. The first-order valence-electron chi connectivity index (χ1n) is 7.29. The lowest BCUT2D eigenvalue weighted by atomic mass is 9.95. The summed E-state index contributed by atoms with van der Waals surface area (Å²) >= 11 is 0. The molecule has 3 atom stereocenters. The van der Waals surface area contributed by atoms with Crippen LogP contribution in [0.4, 0.5) is 14.5 Å². The molecule has 21 heavy (non-hydrogen) atoms. The number of aryl methyl sites for hydroxylation is 1. The van der Waals surface area contributed by atoms with Gasteiger partial charge < -0.3 is 10.1 Å². The normalized spacial score (nSPS) is 27.5.